The van der Waals surface area contributed by atoms with Crippen molar-refractivity contribution in [2.24, 2.45) is 23.2 Å². The average molecular weight is 445 g/mol. The van der Waals surface area contributed by atoms with Gasteiger partial charge in [-0.15, -0.1) is 0 Å². The van der Waals surface area contributed by atoms with E-state index >= 15 is 0 Å². The van der Waals surface area contributed by atoms with Crippen LogP contribution in [0.4, 0.5) is 0 Å². The average Bonchev–Trinajstić information content (AvgIpc) is 2.73. The third-order valence-electron chi connectivity index (χ3n) is 7.64. The largest absolute Gasteiger partial charge is 0.508 e. The minimum absolute atomic E-state index is 0.321. The predicted octanol–water partition coefficient (Wildman–Crippen LogP) is 10.4. The molecule has 2 atom stereocenters. The predicted molar refractivity (Wildman–Crippen MR) is 143 cm³/mol. The second-order valence-electron chi connectivity index (χ2n) is 11.8. The van der Waals surface area contributed by atoms with Crippen molar-refractivity contribution in [3.8, 4) is 5.75 Å². The molecule has 1 aromatic rings. The van der Waals surface area contributed by atoms with Gasteiger partial charge in [-0.3, -0.25) is 0 Å². The normalized spacial score (nSPS) is 14.1. The molecule has 0 aromatic heterocycles. The van der Waals surface area contributed by atoms with Crippen LogP contribution in [-0.2, 0) is 6.42 Å². The van der Waals surface area contributed by atoms with Gasteiger partial charge in [0.25, 0.3) is 0 Å². The molecular weight excluding hydrogens is 388 g/mol. The molecule has 0 amide bonds. The molecule has 0 bridgehead atoms. The molecule has 1 rings (SSSR count). The van der Waals surface area contributed by atoms with E-state index in [9.17, 15) is 5.11 Å². The third-order valence-corrected chi connectivity index (χ3v) is 7.64. The molecule has 0 radical (unpaired) electrons. The zero-order valence-corrected chi connectivity index (χ0v) is 22.6. The van der Waals surface area contributed by atoms with E-state index in [-0.39, 0.29) is 0 Å². The maximum atomic E-state index is 9.58. The Labute approximate surface area is 201 Å². The maximum absolute atomic E-state index is 9.58. The second kappa shape index (κ2) is 16.6. The molecule has 1 heteroatoms. The highest BCUT2D eigenvalue weighted by molar-refractivity contribution is 5.26. The quantitative estimate of drug-likeness (QED) is 0.223. The molecular formula is C31H56O. The number of phenolic OH excluding ortho intramolecular Hbond substituents is 1. The summed E-state index contributed by atoms with van der Waals surface area (Å²) >= 11 is 0. The van der Waals surface area contributed by atoms with Crippen LogP contribution < -0.4 is 0 Å². The first-order valence-electron chi connectivity index (χ1n) is 14.0. The summed E-state index contributed by atoms with van der Waals surface area (Å²) in [4.78, 5) is 0. The molecule has 0 aliphatic rings. The summed E-state index contributed by atoms with van der Waals surface area (Å²) in [7, 11) is 0. The van der Waals surface area contributed by atoms with Gasteiger partial charge in [0.2, 0.25) is 0 Å². The highest BCUT2D eigenvalue weighted by atomic mass is 16.3. The number of rotatable bonds is 18. The highest BCUT2D eigenvalue weighted by Crippen LogP contribution is 2.35. The fourth-order valence-electron chi connectivity index (χ4n) is 5.09. The van der Waals surface area contributed by atoms with Crippen LogP contribution in [0.25, 0.3) is 0 Å². The molecule has 0 aliphatic heterocycles. The van der Waals surface area contributed by atoms with Crippen molar-refractivity contribution in [3.05, 3.63) is 29.8 Å². The van der Waals surface area contributed by atoms with Crippen molar-refractivity contribution in [1.82, 2.24) is 0 Å². The number of unbranched alkanes of at least 4 members (excludes halogenated alkanes) is 9. The first kappa shape index (κ1) is 29.1. The van der Waals surface area contributed by atoms with Gasteiger partial charge in [-0.2, -0.15) is 0 Å². The van der Waals surface area contributed by atoms with E-state index in [1.807, 2.05) is 12.1 Å². The molecule has 0 aliphatic carbocycles. The number of hydrogen-bond donors (Lipinski definition) is 1. The van der Waals surface area contributed by atoms with Crippen molar-refractivity contribution in [2.75, 3.05) is 0 Å². The third kappa shape index (κ3) is 13.5. The minimum atomic E-state index is 0.321. The van der Waals surface area contributed by atoms with E-state index in [1.54, 1.807) is 0 Å². The Morgan fingerprint density at radius 2 is 1.19 bits per heavy atom. The Morgan fingerprint density at radius 3 is 1.69 bits per heavy atom. The first-order chi connectivity index (χ1) is 15.2. The van der Waals surface area contributed by atoms with Crippen molar-refractivity contribution >= 4 is 0 Å². The zero-order valence-electron chi connectivity index (χ0n) is 22.6. The van der Waals surface area contributed by atoms with E-state index in [1.165, 1.54) is 95.5 Å². The highest BCUT2D eigenvalue weighted by Gasteiger charge is 2.25. The molecule has 1 aromatic carbocycles. The zero-order chi connectivity index (χ0) is 23.8. The lowest BCUT2D eigenvalue weighted by Gasteiger charge is -2.32. The summed E-state index contributed by atoms with van der Waals surface area (Å²) in [6, 6.07) is 7.85. The summed E-state index contributed by atoms with van der Waals surface area (Å²) < 4.78 is 0. The molecule has 32 heavy (non-hydrogen) atoms. The number of aromatic hydroxyl groups is 1. The lowest BCUT2D eigenvalue weighted by atomic mass is 9.74. The van der Waals surface area contributed by atoms with Gasteiger partial charge in [-0.25, -0.2) is 0 Å². The molecule has 0 heterocycles. The molecule has 0 spiro atoms. The Bertz CT molecular complexity index is 551. The molecule has 0 fully saturated rings. The Hall–Kier alpha value is -0.980. The van der Waals surface area contributed by atoms with Gasteiger partial charge in [0, 0.05) is 0 Å². The Morgan fingerprint density at radius 1 is 0.688 bits per heavy atom. The summed E-state index contributed by atoms with van der Waals surface area (Å²) in [6.07, 6.45) is 20.9. The smallest absolute Gasteiger partial charge is 0.115 e. The SMILES string of the molecule is CCCCCCCCCCCCC(CCCC(Cc1ccc(O)cc1)C(C)(C)C)C(C)C. The number of benzene rings is 1. The van der Waals surface area contributed by atoms with Gasteiger partial charge < -0.3 is 5.11 Å². The van der Waals surface area contributed by atoms with E-state index in [4.69, 9.17) is 0 Å². The molecule has 2 unspecified atom stereocenters. The van der Waals surface area contributed by atoms with Gasteiger partial charge in [-0.1, -0.05) is 137 Å². The standard InChI is InChI=1S/C31H56O/c1-7-8-9-10-11-12-13-14-15-16-18-28(26(2)3)19-17-20-29(31(4,5)6)25-27-21-23-30(32)24-22-27/h21-24,26,28-29,32H,7-20,25H2,1-6H3. The van der Waals surface area contributed by atoms with E-state index in [0.717, 1.165) is 18.3 Å². The lowest BCUT2D eigenvalue weighted by molar-refractivity contribution is 0.208. The van der Waals surface area contributed by atoms with Crippen LogP contribution in [0.15, 0.2) is 24.3 Å². The fourth-order valence-corrected chi connectivity index (χ4v) is 5.09. The lowest BCUT2D eigenvalue weighted by Crippen LogP contribution is -2.23. The van der Waals surface area contributed by atoms with Crippen molar-refractivity contribution in [2.45, 2.75) is 138 Å². The van der Waals surface area contributed by atoms with Crippen molar-refractivity contribution in [1.29, 1.82) is 0 Å². The minimum Gasteiger partial charge on any atom is -0.508 e. The van der Waals surface area contributed by atoms with Crippen LogP contribution in [-0.4, -0.2) is 5.11 Å². The van der Waals surface area contributed by atoms with Crippen LogP contribution in [0.5, 0.6) is 5.75 Å². The van der Waals surface area contributed by atoms with E-state index in [2.05, 4.69) is 53.7 Å². The van der Waals surface area contributed by atoms with Gasteiger partial charge >= 0.3 is 0 Å². The summed E-state index contributed by atoms with van der Waals surface area (Å²) in [6.45, 7) is 14.3. The van der Waals surface area contributed by atoms with Crippen LogP contribution in [0.3, 0.4) is 0 Å². The van der Waals surface area contributed by atoms with Crippen molar-refractivity contribution < 1.29 is 5.11 Å². The summed E-state index contributed by atoms with van der Waals surface area (Å²) in [5.74, 6) is 2.75. The molecule has 1 N–H and O–H groups in total. The topological polar surface area (TPSA) is 20.2 Å². The first-order valence-corrected chi connectivity index (χ1v) is 14.0. The summed E-state index contributed by atoms with van der Waals surface area (Å²) in [5.41, 5.74) is 1.68. The Balaban J connectivity index is 2.29. The van der Waals surface area contributed by atoms with Gasteiger partial charge in [0.1, 0.15) is 5.75 Å². The van der Waals surface area contributed by atoms with Crippen LogP contribution in [0.2, 0.25) is 0 Å². The van der Waals surface area contributed by atoms with Crippen LogP contribution in [0.1, 0.15) is 137 Å². The van der Waals surface area contributed by atoms with Crippen LogP contribution in [0, 0.1) is 23.2 Å². The van der Waals surface area contributed by atoms with E-state index in [0.29, 0.717) is 17.1 Å². The van der Waals surface area contributed by atoms with Crippen molar-refractivity contribution in [3.63, 3.8) is 0 Å². The monoisotopic (exact) mass is 444 g/mol. The molecule has 0 saturated heterocycles. The molecule has 0 saturated carbocycles. The maximum Gasteiger partial charge on any atom is 0.115 e. The van der Waals surface area contributed by atoms with E-state index < -0.39 is 0 Å². The van der Waals surface area contributed by atoms with Gasteiger partial charge in [0.05, 0.1) is 0 Å². The molecule has 1 nitrogen and oxygen atoms in total. The number of phenols is 1. The van der Waals surface area contributed by atoms with Gasteiger partial charge in [0.15, 0.2) is 0 Å². The second-order valence-corrected chi connectivity index (χ2v) is 11.8. The number of hydrogen-bond acceptors (Lipinski definition) is 1. The van der Waals surface area contributed by atoms with Crippen LogP contribution >= 0.6 is 0 Å². The van der Waals surface area contributed by atoms with Gasteiger partial charge in [-0.05, 0) is 53.7 Å². The molecule has 186 valence electrons. The Kier molecular flexibility index (Phi) is 15.1. The summed E-state index contributed by atoms with van der Waals surface area (Å²) in [5, 5.41) is 9.58. The fraction of sp³-hybridized carbons (Fsp3) is 0.806.